The molecular formula is C41H59N7O5. The zero-order valence-electron chi connectivity index (χ0n) is 31.5. The lowest BCUT2D eigenvalue weighted by Crippen LogP contribution is -2.65. The predicted molar refractivity (Wildman–Crippen MR) is 204 cm³/mol. The second kappa shape index (κ2) is 19.2. The molecule has 53 heavy (non-hydrogen) atoms. The molecule has 5 rings (SSSR count). The van der Waals surface area contributed by atoms with Gasteiger partial charge in [-0.1, -0.05) is 80.4 Å². The highest BCUT2D eigenvalue weighted by Crippen LogP contribution is 2.41. The minimum atomic E-state index is -0.901. The zero-order chi connectivity index (χ0) is 37.8. The molecule has 5 amide bonds. The topological polar surface area (TPSA) is 166 Å². The second-order valence-electron chi connectivity index (χ2n) is 15.5. The van der Waals surface area contributed by atoms with Crippen molar-refractivity contribution < 1.29 is 24.0 Å². The Morgan fingerprint density at radius 2 is 1.43 bits per heavy atom. The number of piperidine rings is 1. The summed E-state index contributed by atoms with van der Waals surface area (Å²) >= 11 is 0. The van der Waals surface area contributed by atoms with Crippen LogP contribution in [-0.4, -0.2) is 103 Å². The highest BCUT2D eigenvalue weighted by Gasteiger charge is 2.48. The van der Waals surface area contributed by atoms with Gasteiger partial charge in [-0.3, -0.25) is 24.0 Å². The van der Waals surface area contributed by atoms with Crippen LogP contribution in [0, 0.1) is 11.3 Å². The molecule has 3 fully saturated rings. The number of nitrogens with one attached hydrogen (secondary N) is 4. The number of likely N-dealkylation sites (tertiary alicyclic amines) is 2. The first-order chi connectivity index (χ1) is 25.6. The van der Waals surface area contributed by atoms with E-state index in [4.69, 9.17) is 5.73 Å². The standard InChI is InChI=1S/C41H59N7O5/c1-29(33-13-7-4-8-14-33)25-43-26-37(50)44-35(23-31-11-5-3-6-12-31)38(51)46-36(24-32-16-17-32)39(52)45-34(15-9-10-20-42)40(53)48-27-41(28-48)18-21-47(22-19-41)30(2)49/h3-8,11-14,29,32,34-36,43H,9-10,15-28,42H2,1-2H3,(H,44,50)(H,45,52)(H,46,51). The Morgan fingerprint density at radius 1 is 0.811 bits per heavy atom. The number of hydrogen-bond donors (Lipinski definition) is 5. The Morgan fingerprint density at radius 3 is 2.06 bits per heavy atom. The Bertz CT molecular complexity index is 1520. The first-order valence-corrected chi connectivity index (χ1v) is 19.5. The van der Waals surface area contributed by atoms with E-state index in [1.807, 2.05) is 58.3 Å². The molecule has 2 saturated heterocycles. The number of nitrogens with two attached hydrogens (primary N) is 1. The van der Waals surface area contributed by atoms with Gasteiger partial charge < -0.3 is 36.8 Å². The van der Waals surface area contributed by atoms with Gasteiger partial charge in [0.05, 0.1) is 6.54 Å². The quantitative estimate of drug-likeness (QED) is 0.139. The average molecular weight is 730 g/mol. The van der Waals surface area contributed by atoms with Gasteiger partial charge in [-0.25, -0.2) is 0 Å². The first-order valence-electron chi connectivity index (χ1n) is 19.5. The summed E-state index contributed by atoms with van der Waals surface area (Å²) in [6.45, 7) is 7.44. The molecule has 0 bridgehead atoms. The Labute approximate surface area is 314 Å². The largest absolute Gasteiger partial charge is 0.343 e. The minimum Gasteiger partial charge on any atom is -0.343 e. The molecule has 2 aliphatic heterocycles. The van der Waals surface area contributed by atoms with Crippen LogP contribution in [-0.2, 0) is 30.4 Å². The molecule has 0 radical (unpaired) electrons. The fraction of sp³-hybridized carbons (Fsp3) is 0.585. The summed E-state index contributed by atoms with van der Waals surface area (Å²) in [7, 11) is 0. The summed E-state index contributed by atoms with van der Waals surface area (Å²) in [5.74, 6) is -0.655. The third-order valence-corrected chi connectivity index (χ3v) is 11.1. The third-order valence-electron chi connectivity index (χ3n) is 11.1. The Balaban J connectivity index is 1.21. The van der Waals surface area contributed by atoms with Gasteiger partial charge >= 0.3 is 0 Å². The normalized spacial score (nSPS) is 18.6. The van der Waals surface area contributed by atoms with Crippen molar-refractivity contribution in [2.75, 3.05) is 45.8 Å². The lowest BCUT2D eigenvalue weighted by molar-refractivity contribution is -0.153. The molecule has 2 aromatic rings. The van der Waals surface area contributed by atoms with Crippen molar-refractivity contribution in [3.8, 4) is 0 Å². The number of amides is 5. The van der Waals surface area contributed by atoms with Crippen molar-refractivity contribution in [2.45, 2.75) is 95.7 Å². The number of carbonyl (C=O) groups excluding carboxylic acids is 5. The van der Waals surface area contributed by atoms with Crippen molar-refractivity contribution in [1.29, 1.82) is 0 Å². The molecule has 288 valence electrons. The predicted octanol–water partition coefficient (Wildman–Crippen LogP) is 2.48. The van der Waals surface area contributed by atoms with Gasteiger partial charge in [0.15, 0.2) is 0 Å². The van der Waals surface area contributed by atoms with Crippen LogP contribution in [0.15, 0.2) is 60.7 Å². The first kappa shape index (κ1) is 39.9. The maximum atomic E-state index is 14.0. The smallest absolute Gasteiger partial charge is 0.245 e. The summed E-state index contributed by atoms with van der Waals surface area (Å²) in [6.07, 6.45) is 6.27. The van der Waals surface area contributed by atoms with E-state index >= 15 is 0 Å². The fourth-order valence-corrected chi connectivity index (χ4v) is 7.57. The van der Waals surface area contributed by atoms with E-state index in [1.54, 1.807) is 6.92 Å². The summed E-state index contributed by atoms with van der Waals surface area (Å²) < 4.78 is 0. The van der Waals surface area contributed by atoms with Crippen LogP contribution in [0.4, 0.5) is 0 Å². The lowest BCUT2D eigenvalue weighted by atomic mass is 9.71. The molecule has 12 nitrogen and oxygen atoms in total. The molecule has 1 aliphatic carbocycles. The fourth-order valence-electron chi connectivity index (χ4n) is 7.57. The van der Waals surface area contributed by atoms with Gasteiger partial charge in [0, 0.05) is 51.5 Å². The van der Waals surface area contributed by atoms with E-state index in [0.29, 0.717) is 64.4 Å². The van der Waals surface area contributed by atoms with Crippen molar-refractivity contribution in [3.05, 3.63) is 71.8 Å². The molecule has 4 unspecified atom stereocenters. The molecule has 4 atom stereocenters. The molecule has 1 saturated carbocycles. The maximum Gasteiger partial charge on any atom is 0.245 e. The minimum absolute atomic E-state index is 0.0176. The molecule has 6 N–H and O–H groups in total. The van der Waals surface area contributed by atoms with Gasteiger partial charge in [0.25, 0.3) is 0 Å². The van der Waals surface area contributed by atoms with Crippen molar-refractivity contribution in [2.24, 2.45) is 17.1 Å². The highest BCUT2D eigenvalue weighted by molar-refractivity contribution is 5.94. The number of benzene rings is 2. The van der Waals surface area contributed by atoms with E-state index in [0.717, 1.165) is 37.7 Å². The third kappa shape index (κ3) is 11.9. The Hall–Kier alpha value is -4.29. The molecule has 2 heterocycles. The maximum absolute atomic E-state index is 14.0. The van der Waals surface area contributed by atoms with Crippen LogP contribution >= 0.6 is 0 Å². The van der Waals surface area contributed by atoms with Crippen LogP contribution < -0.4 is 27.0 Å². The van der Waals surface area contributed by atoms with E-state index in [1.165, 1.54) is 5.56 Å². The lowest BCUT2D eigenvalue weighted by Gasteiger charge is -2.54. The average Bonchev–Trinajstić information content (AvgIpc) is 3.97. The molecular weight excluding hydrogens is 670 g/mol. The van der Waals surface area contributed by atoms with Crippen LogP contribution in [0.5, 0.6) is 0 Å². The molecule has 12 heteroatoms. The van der Waals surface area contributed by atoms with Crippen LogP contribution in [0.3, 0.4) is 0 Å². The number of hydrogen-bond acceptors (Lipinski definition) is 7. The molecule has 2 aromatic carbocycles. The number of nitrogens with zero attached hydrogens (tertiary/aromatic N) is 2. The van der Waals surface area contributed by atoms with Crippen molar-refractivity contribution in [1.82, 2.24) is 31.1 Å². The zero-order valence-corrected chi connectivity index (χ0v) is 31.5. The van der Waals surface area contributed by atoms with E-state index < -0.39 is 24.0 Å². The van der Waals surface area contributed by atoms with Crippen LogP contribution in [0.1, 0.15) is 82.3 Å². The van der Waals surface area contributed by atoms with Crippen LogP contribution in [0.25, 0.3) is 0 Å². The second-order valence-corrected chi connectivity index (χ2v) is 15.5. The molecule has 0 aromatic heterocycles. The van der Waals surface area contributed by atoms with Gasteiger partial charge in [-0.05, 0) is 68.0 Å². The van der Waals surface area contributed by atoms with Crippen molar-refractivity contribution >= 4 is 29.5 Å². The van der Waals surface area contributed by atoms with Gasteiger partial charge in [-0.15, -0.1) is 0 Å². The SMILES string of the molecule is CC(=O)N1CCC2(CC1)CN(C(=O)C(CCCCN)NC(=O)C(CC1CC1)NC(=O)C(Cc1ccccc1)NC(=O)CNCC(C)c1ccccc1)C2. The summed E-state index contributed by atoms with van der Waals surface area (Å²) in [6, 6.07) is 17.1. The highest BCUT2D eigenvalue weighted by atomic mass is 16.2. The molecule has 1 spiro atoms. The summed E-state index contributed by atoms with van der Waals surface area (Å²) in [4.78, 5) is 70.5. The summed E-state index contributed by atoms with van der Waals surface area (Å²) in [5.41, 5.74) is 7.84. The van der Waals surface area contributed by atoms with Crippen molar-refractivity contribution in [3.63, 3.8) is 0 Å². The van der Waals surface area contributed by atoms with Gasteiger partial charge in [0.1, 0.15) is 18.1 Å². The summed E-state index contributed by atoms with van der Waals surface area (Å²) in [5, 5.41) is 12.1. The number of rotatable bonds is 19. The van der Waals surface area contributed by atoms with Gasteiger partial charge in [-0.2, -0.15) is 0 Å². The Kier molecular flexibility index (Phi) is 14.4. The van der Waals surface area contributed by atoms with Gasteiger partial charge in [0.2, 0.25) is 29.5 Å². The van der Waals surface area contributed by atoms with E-state index in [9.17, 15) is 24.0 Å². The monoisotopic (exact) mass is 729 g/mol. The van der Waals surface area contributed by atoms with Crippen LogP contribution in [0.2, 0.25) is 0 Å². The molecule has 3 aliphatic rings. The van der Waals surface area contributed by atoms with E-state index in [2.05, 4.69) is 40.3 Å². The number of carbonyl (C=O) groups is 5. The number of unbranched alkanes of at least 4 members (excludes halogenated alkanes) is 1. The van der Waals surface area contributed by atoms with E-state index in [-0.39, 0.29) is 47.9 Å².